The summed E-state index contributed by atoms with van der Waals surface area (Å²) in [4.78, 5) is 20.3. The third kappa shape index (κ3) is 4.63. The molecule has 2 saturated carbocycles. The zero-order valence-corrected chi connectivity index (χ0v) is 19.4. The Bertz CT molecular complexity index is 1220. The summed E-state index contributed by atoms with van der Waals surface area (Å²) in [5, 5.41) is 6.93. The Hall–Kier alpha value is -3.01. The lowest BCUT2D eigenvalue weighted by Gasteiger charge is -2.36. The van der Waals surface area contributed by atoms with Crippen LogP contribution in [-0.2, 0) is 0 Å². The lowest BCUT2D eigenvalue weighted by Crippen LogP contribution is -2.57. The Balaban J connectivity index is 1.43. The molecule has 0 aromatic carbocycles. The summed E-state index contributed by atoms with van der Waals surface area (Å²) >= 11 is 0. The molecule has 7 nitrogen and oxygen atoms in total. The number of pyridine rings is 2. The molecule has 0 amide bonds. The molecule has 1 aliphatic heterocycles. The van der Waals surface area contributed by atoms with E-state index in [0.717, 1.165) is 48.0 Å². The molecule has 1 saturated heterocycles. The van der Waals surface area contributed by atoms with Crippen LogP contribution in [0, 0.1) is 0 Å². The van der Waals surface area contributed by atoms with E-state index in [0.29, 0.717) is 35.7 Å². The average molecular weight is 484 g/mol. The molecule has 184 valence electrons. The van der Waals surface area contributed by atoms with Gasteiger partial charge in [-0.05, 0) is 49.3 Å². The summed E-state index contributed by atoms with van der Waals surface area (Å²) in [6.45, 7) is 0.487. The molecule has 35 heavy (non-hydrogen) atoms. The van der Waals surface area contributed by atoms with Gasteiger partial charge in [0.1, 0.15) is 17.7 Å². The van der Waals surface area contributed by atoms with Gasteiger partial charge in [-0.3, -0.25) is 4.98 Å². The molecule has 6 rings (SSSR count). The number of nitrogens with one attached hydrogen (secondary N) is 2. The van der Waals surface area contributed by atoms with Crippen molar-refractivity contribution in [2.24, 2.45) is 0 Å². The SMILES string of the molecule is FC(F)(F)C1CN(c2nc(-c3ccnc(NC4CCCC4)c3)nc3cncc(C4CC4)c23)CCN1. The highest BCUT2D eigenvalue weighted by Gasteiger charge is 2.42. The van der Waals surface area contributed by atoms with Crippen LogP contribution in [0.25, 0.3) is 22.3 Å². The monoisotopic (exact) mass is 483 g/mol. The number of rotatable bonds is 5. The lowest BCUT2D eigenvalue weighted by molar-refractivity contribution is -0.155. The first-order valence-electron chi connectivity index (χ1n) is 12.4. The van der Waals surface area contributed by atoms with Gasteiger partial charge in [0, 0.05) is 49.0 Å². The van der Waals surface area contributed by atoms with Crippen LogP contribution in [0.15, 0.2) is 30.7 Å². The van der Waals surface area contributed by atoms with Crippen LogP contribution in [0.3, 0.4) is 0 Å². The number of alkyl halides is 3. The number of hydrogen-bond acceptors (Lipinski definition) is 7. The minimum atomic E-state index is -4.32. The number of piperazine rings is 1. The zero-order valence-electron chi connectivity index (χ0n) is 19.4. The Morgan fingerprint density at radius 2 is 1.89 bits per heavy atom. The summed E-state index contributed by atoms with van der Waals surface area (Å²) in [6, 6.07) is 2.59. The maximum Gasteiger partial charge on any atom is 0.405 e. The van der Waals surface area contributed by atoms with Gasteiger partial charge >= 0.3 is 6.18 Å². The van der Waals surface area contributed by atoms with Gasteiger partial charge < -0.3 is 15.5 Å². The van der Waals surface area contributed by atoms with Crippen molar-refractivity contribution in [1.82, 2.24) is 25.3 Å². The quantitative estimate of drug-likeness (QED) is 0.547. The summed E-state index contributed by atoms with van der Waals surface area (Å²) in [6.07, 6.45) is 7.71. The largest absolute Gasteiger partial charge is 0.405 e. The molecule has 3 aliphatic rings. The second-order valence-electron chi connectivity index (χ2n) is 9.82. The first-order chi connectivity index (χ1) is 17.0. The molecule has 10 heteroatoms. The average Bonchev–Trinajstić information content (AvgIpc) is 3.59. The summed E-state index contributed by atoms with van der Waals surface area (Å²) in [5.41, 5.74) is 2.48. The molecule has 1 unspecified atom stereocenters. The molecule has 0 radical (unpaired) electrons. The molecule has 3 aromatic heterocycles. The number of nitrogens with zero attached hydrogens (tertiary/aromatic N) is 5. The normalized spacial score (nSPS) is 21.6. The van der Waals surface area contributed by atoms with Crippen molar-refractivity contribution in [2.75, 3.05) is 29.9 Å². The number of hydrogen-bond donors (Lipinski definition) is 2. The highest BCUT2D eigenvalue weighted by molar-refractivity contribution is 5.94. The van der Waals surface area contributed by atoms with Crippen molar-refractivity contribution in [3.63, 3.8) is 0 Å². The van der Waals surface area contributed by atoms with Crippen LogP contribution in [0.4, 0.5) is 24.8 Å². The molecule has 4 heterocycles. The van der Waals surface area contributed by atoms with Gasteiger partial charge in [-0.2, -0.15) is 13.2 Å². The van der Waals surface area contributed by atoms with Crippen LogP contribution in [0.5, 0.6) is 0 Å². The molecule has 2 aliphatic carbocycles. The second-order valence-corrected chi connectivity index (χ2v) is 9.82. The van der Waals surface area contributed by atoms with Crippen LogP contribution in [-0.4, -0.2) is 57.8 Å². The van der Waals surface area contributed by atoms with E-state index >= 15 is 0 Å². The van der Waals surface area contributed by atoms with E-state index < -0.39 is 12.2 Å². The summed E-state index contributed by atoms with van der Waals surface area (Å²) in [7, 11) is 0. The van der Waals surface area contributed by atoms with E-state index in [1.165, 1.54) is 12.8 Å². The highest BCUT2D eigenvalue weighted by Crippen LogP contribution is 2.45. The van der Waals surface area contributed by atoms with Crippen molar-refractivity contribution in [3.05, 3.63) is 36.3 Å². The van der Waals surface area contributed by atoms with Gasteiger partial charge in [0.15, 0.2) is 5.82 Å². The van der Waals surface area contributed by atoms with Crippen molar-refractivity contribution in [3.8, 4) is 11.4 Å². The predicted molar refractivity (Wildman–Crippen MR) is 128 cm³/mol. The molecular formula is C25H28F3N7. The maximum absolute atomic E-state index is 13.6. The Kier molecular flexibility index (Phi) is 5.70. The van der Waals surface area contributed by atoms with Crippen molar-refractivity contribution < 1.29 is 13.2 Å². The topological polar surface area (TPSA) is 78.9 Å². The van der Waals surface area contributed by atoms with Crippen molar-refractivity contribution >= 4 is 22.5 Å². The molecule has 3 aromatic rings. The van der Waals surface area contributed by atoms with Gasteiger partial charge in [0.25, 0.3) is 0 Å². The van der Waals surface area contributed by atoms with E-state index in [9.17, 15) is 13.2 Å². The second kappa shape index (κ2) is 8.89. The Morgan fingerprint density at radius 1 is 1.06 bits per heavy atom. The molecule has 2 N–H and O–H groups in total. The van der Waals surface area contributed by atoms with Crippen LogP contribution < -0.4 is 15.5 Å². The van der Waals surface area contributed by atoms with Gasteiger partial charge in [-0.1, -0.05) is 12.8 Å². The molecule has 0 spiro atoms. The van der Waals surface area contributed by atoms with Crippen molar-refractivity contribution in [1.29, 1.82) is 0 Å². The van der Waals surface area contributed by atoms with E-state index in [2.05, 4.69) is 20.6 Å². The smallest absolute Gasteiger partial charge is 0.367 e. The van der Waals surface area contributed by atoms with E-state index in [1.807, 2.05) is 18.3 Å². The lowest BCUT2D eigenvalue weighted by atomic mass is 10.1. The van der Waals surface area contributed by atoms with E-state index in [4.69, 9.17) is 9.97 Å². The minimum Gasteiger partial charge on any atom is -0.367 e. The summed E-state index contributed by atoms with van der Waals surface area (Å²) in [5.74, 6) is 2.17. The highest BCUT2D eigenvalue weighted by atomic mass is 19.4. The fraction of sp³-hybridized carbons (Fsp3) is 0.520. The van der Waals surface area contributed by atoms with Crippen molar-refractivity contribution in [2.45, 2.75) is 62.7 Å². The Labute approximate surface area is 201 Å². The molecule has 3 fully saturated rings. The molecular weight excluding hydrogens is 455 g/mol. The first kappa shape index (κ1) is 22.5. The fourth-order valence-electron chi connectivity index (χ4n) is 5.24. The fourth-order valence-corrected chi connectivity index (χ4v) is 5.24. The molecule has 0 bridgehead atoms. The minimum absolute atomic E-state index is 0.188. The van der Waals surface area contributed by atoms with Crippen LogP contribution in [0.1, 0.15) is 50.0 Å². The number of fused-ring (bicyclic) bond motifs is 1. The number of aromatic nitrogens is 4. The van der Waals surface area contributed by atoms with Gasteiger partial charge in [-0.25, -0.2) is 15.0 Å². The Morgan fingerprint density at radius 3 is 2.66 bits per heavy atom. The van der Waals surface area contributed by atoms with Gasteiger partial charge in [0.05, 0.1) is 11.7 Å². The first-order valence-corrected chi connectivity index (χ1v) is 12.4. The van der Waals surface area contributed by atoms with E-state index in [-0.39, 0.29) is 13.1 Å². The van der Waals surface area contributed by atoms with Crippen LogP contribution >= 0.6 is 0 Å². The number of halogens is 3. The molecule has 1 atom stereocenters. The standard InChI is InChI=1S/C25H28F3N7/c26-25(27,28)20-14-35(10-9-30-20)24-22-18(15-5-6-15)12-29-13-19(22)33-23(34-24)16-7-8-31-21(11-16)32-17-3-1-2-4-17/h7-8,11-13,15,17,20,30H,1-6,9-10,14H2,(H,31,32). The maximum atomic E-state index is 13.6. The predicted octanol–water partition coefficient (Wildman–Crippen LogP) is 4.66. The van der Waals surface area contributed by atoms with Crippen LogP contribution in [0.2, 0.25) is 0 Å². The van der Waals surface area contributed by atoms with Gasteiger partial charge in [0.2, 0.25) is 0 Å². The third-order valence-electron chi connectivity index (χ3n) is 7.23. The third-order valence-corrected chi connectivity index (χ3v) is 7.23. The zero-order chi connectivity index (χ0) is 24.0. The van der Waals surface area contributed by atoms with E-state index in [1.54, 1.807) is 17.3 Å². The number of anilines is 2. The summed E-state index contributed by atoms with van der Waals surface area (Å²) < 4.78 is 40.7. The van der Waals surface area contributed by atoms with Gasteiger partial charge in [-0.15, -0.1) is 0 Å².